The maximum Gasteiger partial charge on any atom is 0.251 e. The fraction of sp³-hybridized carbons (Fsp3) is 0.267. The monoisotopic (exact) mass is 485 g/mol. The Morgan fingerprint density at radius 2 is 1.61 bits per heavy atom. The molecule has 6 heteroatoms. The van der Waals surface area contributed by atoms with Crippen LogP contribution in [0.1, 0.15) is 59.9 Å². The van der Waals surface area contributed by atoms with Crippen molar-refractivity contribution in [3.8, 4) is 0 Å². The molecule has 5 nitrogen and oxygen atoms in total. The number of amides is 1. The minimum atomic E-state index is -1.39. The van der Waals surface area contributed by atoms with Crippen LogP contribution in [0.15, 0.2) is 91.4 Å². The predicted octanol–water partition coefficient (Wildman–Crippen LogP) is 5.47. The summed E-state index contributed by atoms with van der Waals surface area (Å²) in [5.74, 6) is -0.482. The van der Waals surface area contributed by atoms with E-state index in [1.54, 1.807) is 36.8 Å². The number of benzene rings is 3. The van der Waals surface area contributed by atoms with Gasteiger partial charge in [-0.25, -0.2) is 9.37 Å². The zero-order valence-corrected chi connectivity index (χ0v) is 20.9. The van der Waals surface area contributed by atoms with Crippen molar-refractivity contribution in [3.63, 3.8) is 0 Å². The Labute approximate surface area is 211 Å². The number of carbonyl (C=O) groups is 1. The maximum atomic E-state index is 13.7. The number of carbonyl (C=O) groups excluding carboxylic acids is 1. The lowest BCUT2D eigenvalue weighted by atomic mass is 9.84. The van der Waals surface area contributed by atoms with Crippen molar-refractivity contribution in [1.82, 2.24) is 14.9 Å². The smallest absolute Gasteiger partial charge is 0.251 e. The first-order chi connectivity index (χ1) is 17.1. The lowest BCUT2D eigenvalue weighted by Gasteiger charge is -2.30. The summed E-state index contributed by atoms with van der Waals surface area (Å²) in [5.41, 5.74) is 2.19. The summed E-state index contributed by atoms with van der Waals surface area (Å²) in [6.07, 6.45) is 4.28. The van der Waals surface area contributed by atoms with Gasteiger partial charge >= 0.3 is 0 Å². The lowest BCUT2D eigenvalue weighted by Crippen LogP contribution is -2.40. The molecule has 186 valence electrons. The van der Waals surface area contributed by atoms with E-state index in [1.807, 2.05) is 67.8 Å². The van der Waals surface area contributed by atoms with E-state index in [9.17, 15) is 14.3 Å². The van der Waals surface area contributed by atoms with Crippen LogP contribution in [-0.4, -0.2) is 26.1 Å². The predicted molar refractivity (Wildman–Crippen MR) is 139 cm³/mol. The largest absolute Gasteiger partial charge is 0.379 e. The van der Waals surface area contributed by atoms with Crippen LogP contribution < -0.4 is 5.32 Å². The van der Waals surface area contributed by atoms with Gasteiger partial charge in [-0.1, -0.05) is 54.6 Å². The molecule has 1 aromatic heterocycles. The highest BCUT2D eigenvalue weighted by atomic mass is 19.1. The number of nitrogens with one attached hydrogen (secondary N) is 1. The van der Waals surface area contributed by atoms with Crippen molar-refractivity contribution in [2.75, 3.05) is 0 Å². The van der Waals surface area contributed by atoms with E-state index in [-0.39, 0.29) is 17.3 Å². The summed E-state index contributed by atoms with van der Waals surface area (Å²) in [4.78, 5) is 16.8. The van der Waals surface area contributed by atoms with Crippen molar-refractivity contribution in [3.05, 3.63) is 125 Å². The summed E-state index contributed by atoms with van der Waals surface area (Å²) < 4.78 is 15.6. The van der Waals surface area contributed by atoms with Crippen molar-refractivity contribution in [2.45, 2.75) is 51.3 Å². The van der Waals surface area contributed by atoms with Crippen molar-refractivity contribution in [2.24, 2.45) is 0 Å². The topological polar surface area (TPSA) is 67.2 Å². The molecule has 0 aliphatic carbocycles. The molecule has 3 aromatic carbocycles. The molecule has 0 fully saturated rings. The highest BCUT2D eigenvalue weighted by Gasteiger charge is 2.34. The normalized spacial score (nSPS) is 13.2. The molecule has 0 aliphatic heterocycles. The number of imidazole rings is 1. The molecule has 36 heavy (non-hydrogen) atoms. The van der Waals surface area contributed by atoms with E-state index in [4.69, 9.17) is 0 Å². The number of aromatic nitrogens is 2. The highest BCUT2D eigenvalue weighted by Crippen LogP contribution is 2.35. The van der Waals surface area contributed by atoms with Crippen LogP contribution in [0.3, 0.4) is 0 Å². The highest BCUT2D eigenvalue weighted by molar-refractivity contribution is 5.94. The fourth-order valence-corrected chi connectivity index (χ4v) is 4.28. The lowest BCUT2D eigenvalue weighted by molar-refractivity contribution is 0.0631. The minimum absolute atomic E-state index is 0.123. The van der Waals surface area contributed by atoms with Gasteiger partial charge in [-0.2, -0.15) is 0 Å². The van der Waals surface area contributed by atoms with E-state index in [0.29, 0.717) is 36.2 Å². The molecule has 0 saturated heterocycles. The number of rotatable bonds is 8. The standard InChI is InChI=1S/C30H32FN3O2/c1-29(2,3)33-28(35)24-11-9-22(10-12-24)17-18-30(36,25-13-15-26(31)16-14-25)27-19-32-21-34(27)20-23-7-5-4-6-8-23/h4-16,19,21,36H,17-18,20H2,1-3H3,(H,33,35). The number of hydrogen-bond acceptors (Lipinski definition) is 3. The van der Waals surface area contributed by atoms with Crippen LogP contribution in [0.5, 0.6) is 0 Å². The first-order valence-corrected chi connectivity index (χ1v) is 12.1. The minimum Gasteiger partial charge on any atom is -0.379 e. The molecule has 4 aromatic rings. The molecule has 1 amide bonds. The average molecular weight is 486 g/mol. The second-order valence-corrected chi connectivity index (χ2v) is 10.2. The third-order valence-electron chi connectivity index (χ3n) is 6.13. The Balaban J connectivity index is 1.60. The van der Waals surface area contributed by atoms with E-state index in [0.717, 1.165) is 11.1 Å². The van der Waals surface area contributed by atoms with E-state index >= 15 is 0 Å². The molecule has 0 aliphatic rings. The molecule has 0 saturated carbocycles. The van der Waals surface area contributed by atoms with Gasteiger partial charge in [0.05, 0.1) is 18.2 Å². The summed E-state index contributed by atoms with van der Waals surface area (Å²) in [6, 6.07) is 23.3. The second-order valence-electron chi connectivity index (χ2n) is 10.2. The number of hydrogen-bond donors (Lipinski definition) is 2. The molecule has 1 unspecified atom stereocenters. The Hall–Kier alpha value is -3.77. The first kappa shape index (κ1) is 25.3. The van der Waals surface area contributed by atoms with Gasteiger partial charge in [-0.15, -0.1) is 0 Å². The molecule has 0 spiro atoms. The molecule has 0 radical (unpaired) electrons. The van der Waals surface area contributed by atoms with Crippen LogP contribution in [-0.2, 0) is 18.6 Å². The van der Waals surface area contributed by atoms with Crippen molar-refractivity contribution in [1.29, 1.82) is 0 Å². The van der Waals surface area contributed by atoms with Gasteiger partial charge in [-0.05, 0) is 74.6 Å². The van der Waals surface area contributed by atoms with E-state index in [2.05, 4.69) is 10.3 Å². The molecule has 4 rings (SSSR count). The van der Waals surface area contributed by atoms with Crippen molar-refractivity contribution >= 4 is 5.91 Å². The third kappa shape index (κ3) is 6.07. The quantitative estimate of drug-likeness (QED) is 0.348. The number of nitrogens with zero attached hydrogens (tertiary/aromatic N) is 2. The third-order valence-corrected chi connectivity index (χ3v) is 6.13. The average Bonchev–Trinajstić information content (AvgIpc) is 3.31. The fourth-order valence-electron chi connectivity index (χ4n) is 4.28. The Morgan fingerprint density at radius 1 is 0.944 bits per heavy atom. The van der Waals surface area contributed by atoms with Gasteiger partial charge in [0.2, 0.25) is 0 Å². The van der Waals surface area contributed by atoms with Gasteiger partial charge < -0.3 is 15.0 Å². The second kappa shape index (κ2) is 10.5. The maximum absolute atomic E-state index is 13.7. The molecule has 2 N–H and O–H groups in total. The number of aliphatic hydroxyl groups is 1. The molecular weight excluding hydrogens is 453 g/mol. The zero-order valence-electron chi connectivity index (χ0n) is 20.9. The van der Waals surface area contributed by atoms with E-state index in [1.165, 1.54) is 12.1 Å². The summed E-state index contributed by atoms with van der Waals surface area (Å²) in [7, 11) is 0. The van der Waals surface area contributed by atoms with Crippen LogP contribution in [0.4, 0.5) is 4.39 Å². The first-order valence-electron chi connectivity index (χ1n) is 12.1. The summed E-state index contributed by atoms with van der Waals surface area (Å²) >= 11 is 0. The Kier molecular flexibility index (Phi) is 7.36. The van der Waals surface area contributed by atoms with Gasteiger partial charge in [0.15, 0.2) is 0 Å². The molecule has 1 atom stereocenters. The van der Waals surface area contributed by atoms with Gasteiger partial charge in [0, 0.05) is 17.6 Å². The summed E-state index contributed by atoms with van der Waals surface area (Å²) in [5, 5.41) is 15.0. The Bertz CT molecular complexity index is 1290. The van der Waals surface area contributed by atoms with Gasteiger partial charge in [0.25, 0.3) is 5.91 Å². The number of halogens is 1. The SMILES string of the molecule is CC(C)(C)NC(=O)c1ccc(CCC(O)(c2ccc(F)cc2)c2cncn2Cc2ccccc2)cc1. The number of aryl methyl sites for hydroxylation is 1. The van der Waals surface area contributed by atoms with Crippen LogP contribution in [0, 0.1) is 5.82 Å². The van der Waals surface area contributed by atoms with Crippen LogP contribution >= 0.6 is 0 Å². The zero-order chi connectivity index (χ0) is 25.8. The van der Waals surface area contributed by atoms with E-state index < -0.39 is 5.60 Å². The molecule has 0 bridgehead atoms. The Morgan fingerprint density at radius 3 is 2.25 bits per heavy atom. The molecular formula is C30H32FN3O2. The van der Waals surface area contributed by atoms with Crippen LogP contribution in [0.25, 0.3) is 0 Å². The van der Waals surface area contributed by atoms with Crippen molar-refractivity contribution < 1.29 is 14.3 Å². The summed E-state index contributed by atoms with van der Waals surface area (Å²) in [6.45, 7) is 6.38. The van der Waals surface area contributed by atoms with Gasteiger partial charge in [-0.3, -0.25) is 4.79 Å². The van der Waals surface area contributed by atoms with Gasteiger partial charge in [0.1, 0.15) is 11.4 Å². The molecule has 1 heterocycles. The van der Waals surface area contributed by atoms with Crippen LogP contribution in [0.2, 0.25) is 0 Å².